The van der Waals surface area contributed by atoms with Gasteiger partial charge in [-0.2, -0.15) is 0 Å². The molecule has 4 nitrogen and oxygen atoms in total. The van der Waals surface area contributed by atoms with Crippen molar-refractivity contribution < 1.29 is 9.47 Å². The summed E-state index contributed by atoms with van der Waals surface area (Å²) in [5.74, 6) is 6.58. The number of hydrazine groups is 1. The van der Waals surface area contributed by atoms with Crippen LogP contribution in [0.1, 0.15) is 45.2 Å². The van der Waals surface area contributed by atoms with Crippen LogP contribution in [-0.2, 0) is 4.74 Å². The highest BCUT2D eigenvalue weighted by atomic mass is 16.5. The molecule has 0 aliphatic carbocycles. The maximum atomic E-state index is 5.91. The molecule has 0 radical (unpaired) electrons. The van der Waals surface area contributed by atoms with Crippen molar-refractivity contribution in [1.29, 1.82) is 0 Å². The van der Waals surface area contributed by atoms with Crippen molar-refractivity contribution in [3.63, 3.8) is 0 Å². The lowest BCUT2D eigenvalue weighted by atomic mass is 9.99. The molecule has 0 bridgehead atoms. The first-order chi connectivity index (χ1) is 9.10. The zero-order valence-electron chi connectivity index (χ0n) is 11.9. The van der Waals surface area contributed by atoms with Gasteiger partial charge in [0.05, 0.1) is 24.4 Å². The second-order valence-electron chi connectivity index (χ2n) is 5.45. The predicted octanol–water partition coefficient (Wildman–Crippen LogP) is 2.55. The van der Waals surface area contributed by atoms with Crippen molar-refractivity contribution in [2.45, 2.75) is 58.0 Å². The van der Waals surface area contributed by atoms with Crippen LogP contribution < -0.4 is 16.0 Å². The van der Waals surface area contributed by atoms with Crippen LogP contribution in [0.5, 0.6) is 5.75 Å². The first-order valence-electron chi connectivity index (χ1n) is 6.98. The molecule has 0 saturated carbocycles. The lowest BCUT2D eigenvalue weighted by molar-refractivity contribution is 0.0315. The Morgan fingerprint density at radius 2 is 2.16 bits per heavy atom. The highest BCUT2D eigenvalue weighted by Gasteiger charge is 2.30. The number of benzene rings is 1. The normalized spacial score (nSPS) is 24.7. The zero-order chi connectivity index (χ0) is 13.8. The lowest BCUT2D eigenvalue weighted by Gasteiger charge is -2.24. The lowest BCUT2D eigenvalue weighted by Crippen LogP contribution is -2.36. The molecule has 4 heteroatoms. The number of nitrogens with two attached hydrogens (primary N) is 1. The van der Waals surface area contributed by atoms with Crippen molar-refractivity contribution in [3.05, 3.63) is 29.8 Å². The van der Waals surface area contributed by atoms with Crippen LogP contribution in [0.4, 0.5) is 0 Å². The minimum absolute atomic E-state index is 0.0145. The molecule has 3 atom stereocenters. The Hall–Kier alpha value is -1.10. The number of hydrogen-bond donors (Lipinski definition) is 2. The quantitative estimate of drug-likeness (QED) is 0.634. The van der Waals surface area contributed by atoms with E-state index in [1.54, 1.807) is 0 Å². The molecule has 0 spiro atoms. The SMILES string of the molecule is CC(C)Oc1cccc(C(NN)C2CCC(C)O2)c1. The Morgan fingerprint density at radius 1 is 1.37 bits per heavy atom. The van der Waals surface area contributed by atoms with Gasteiger partial charge in [-0.1, -0.05) is 12.1 Å². The molecule has 1 fully saturated rings. The van der Waals surface area contributed by atoms with Gasteiger partial charge in [-0.3, -0.25) is 11.3 Å². The fourth-order valence-corrected chi connectivity index (χ4v) is 2.55. The maximum Gasteiger partial charge on any atom is 0.120 e. The van der Waals surface area contributed by atoms with Crippen LogP contribution in [0.3, 0.4) is 0 Å². The van der Waals surface area contributed by atoms with E-state index in [4.69, 9.17) is 15.3 Å². The van der Waals surface area contributed by atoms with E-state index < -0.39 is 0 Å². The molecule has 0 amide bonds. The van der Waals surface area contributed by atoms with Crippen LogP contribution >= 0.6 is 0 Å². The van der Waals surface area contributed by atoms with Crippen molar-refractivity contribution in [1.82, 2.24) is 5.43 Å². The minimum atomic E-state index is 0.0145. The Kier molecular flexibility index (Phi) is 4.80. The first kappa shape index (κ1) is 14.3. The van der Waals surface area contributed by atoms with E-state index >= 15 is 0 Å². The van der Waals surface area contributed by atoms with Crippen LogP contribution in [0, 0.1) is 0 Å². The molecular weight excluding hydrogens is 240 g/mol. The Balaban J connectivity index is 2.13. The number of rotatable bonds is 5. The molecule has 1 aromatic carbocycles. The highest BCUT2D eigenvalue weighted by molar-refractivity contribution is 5.31. The van der Waals surface area contributed by atoms with Gasteiger partial charge in [-0.05, 0) is 51.3 Å². The zero-order valence-corrected chi connectivity index (χ0v) is 11.9. The molecule has 3 unspecified atom stereocenters. The fourth-order valence-electron chi connectivity index (χ4n) is 2.55. The third kappa shape index (κ3) is 3.69. The van der Waals surface area contributed by atoms with Crippen molar-refractivity contribution in [2.75, 3.05) is 0 Å². The van der Waals surface area contributed by atoms with Crippen LogP contribution in [0.25, 0.3) is 0 Å². The molecular formula is C15H24N2O2. The number of hydrogen-bond acceptors (Lipinski definition) is 4. The summed E-state index contributed by atoms with van der Waals surface area (Å²) in [4.78, 5) is 0. The van der Waals surface area contributed by atoms with Gasteiger partial charge in [-0.25, -0.2) is 0 Å². The molecule has 1 aliphatic rings. The van der Waals surface area contributed by atoms with Crippen LogP contribution in [0.15, 0.2) is 24.3 Å². The molecule has 19 heavy (non-hydrogen) atoms. The first-order valence-corrected chi connectivity index (χ1v) is 6.98. The van der Waals surface area contributed by atoms with Gasteiger partial charge >= 0.3 is 0 Å². The van der Waals surface area contributed by atoms with E-state index in [-0.39, 0.29) is 18.2 Å². The smallest absolute Gasteiger partial charge is 0.120 e. The summed E-state index contributed by atoms with van der Waals surface area (Å²) < 4.78 is 11.6. The molecule has 106 valence electrons. The largest absolute Gasteiger partial charge is 0.491 e. The topological polar surface area (TPSA) is 56.5 Å². The minimum Gasteiger partial charge on any atom is -0.491 e. The van der Waals surface area contributed by atoms with E-state index in [0.717, 1.165) is 24.2 Å². The average molecular weight is 264 g/mol. The standard InChI is InChI=1S/C15H24N2O2/c1-10(2)18-13-6-4-5-12(9-13)15(17-16)14-8-7-11(3)19-14/h4-6,9-11,14-15,17H,7-8,16H2,1-3H3. The van der Waals surface area contributed by atoms with Crippen molar-refractivity contribution >= 4 is 0 Å². The molecule has 3 N–H and O–H groups in total. The average Bonchev–Trinajstić information content (AvgIpc) is 2.76. The third-order valence-electron chi connectivity index (χ3n) is 3.41. The van der Waals surface area contributed by atoms with Crippen LogP contribution in [0.2, 0.25) is 0 Å². The molecule has 1 heterocycles. The van der Waals surface area contributed by atoms with Gasteiger partial charge in [0.2, 0.25) is 0 Å². The summed E-state index contributed by atoms with van der Waals surface area (Å²) in [5.41, 5.74) is 3.99. The van der Waals surface area contributed by atoms with E-state index in [2.05, 4.69) is 18.4 Å². The van der Waals surface area contributed by atoms with E-state index in [1.165, 1.54) is 0 Å². The van der Waals surface area contributed by atoms with Gasteiger partial charge < -0.3 is 9.47 Å². The van der Waals surface area contributed by atoms with Crippen molar-refractivity contribution in [3.8, 4) is 5.75 Å². The monoisotopic (exact) mass is 264 g/mol. The predicted molar refractivity (Wildman–Crippen MR) is 75.8 cm³/mol. The van der Waals surface area contributed by atoms with Gasteiger partial charge in [0.25, 0.3) is 0 Å². The maximum absolute atomic E-state index is 5.91. The van der Waals surface area contributed by atoms with Gasteiger partial charge in [-0.15, -0.1) is 0 Å². The summed E-state index contributed by atoms with van der Waals surface area (Å²) in [6, 6.07) is 8.08. The molecule has 1 aromatic rings. The van der Waals surface area contributed by atoms with Gasteiger partial charge in [0, 0.05) is 0 Å². The molecule has 1 saturated heterocycles. The van der Waals surface area contributed by atoms with E-state index in [0.29, 0.717) is 6.10 Å². The Bertz CT molecular complexity index is 409. The molecule has 2 rings (SSSR count). The fraction of sp³-hybridized carbons (Fsp3) is 0.600. The molecule has 0 aromatic heterocycles. The summed E-state index contributed by atoms with van der Waals surface area (Å²) in [7, 11) is 0. The third-order valence-corrected chi connectivity index (χ3v) is 3.41. The van der Waals surface area contributed by atoms with E-state index in [9.17, 15) is 0 Å². The second-order valence-corrected chi connectivity index (χ2v) is 5.45. The van der Waals surface area contributed by atoms with Gasteiger partial charge in [0.15, 0.2) is 0 Å². The summed E-state index contributed by atoms with van der Waals surface area (Å²) >= 11 is 0. The number of nitrogens with one attached hydrogen (secondary N) is 1. The second kappa shape index (κ2) is 6.37. The highest BCUT2D eigenvalue weighted by Crippen LogP contribution is 2.31. The summed E-state index contributed by atoms with van der Waals surface area (Å²) in [6.07, 6.45) is 2.74. The van der Waals surface area contributed by atoms with Gasteiger partial charge in [0.1, 0.15) is 5.75 Å². The number of ether oxygens (including phenoxy) is 2. The Labute approximate surface area is 115 Å². The summed E-state index contributed by atoms with van der Waals surface area (Å²) in [6.45, 7) is 6.14. The summed E-state index contributed by atoms with van der Waals surface area (Å²) in [5, 5.41) is 0. The van der Waals surface area contributed by atoms with E-state index in [1.807, 2.05) is 32.0 Å². The van der Waals surface area contributed by atoms with Crippen molar-refractivity contribution in [2.24, 2.45) is 5.84 Å². The molecule has 1 aliphatic heterocycles. The van der Waals surface area contributed by atoms with Crippen LogP contribution in [-0.4, -0.2) is 18.3 Å². The Morgan fingerprint density at radius 3 is 2.74 bits per heavy atom.